The number of hydrogen-bond donors (Lipinski definition) is 1. The van der Waals surface area contributed by atoms with E-state index in [4.69, 9.17) is 14.2 Å². The lowest BCUT2D eigenvalue weighted by molar-refractivity contribution is -0.142. The van der Waals surface area contributed by atoms with Crippen LogP contribution in [-0.2, 0) is 16.1 Å². The number of amides is 1. The molecule has 1 amide bonds. The maximum Gasteiger partial charge on any atom is 0.414 e. The molecular weight excluding hydrogens is 336 g/mol. The highest BCUT2D eigenvalue weighted by atomic mass is 16.6. The Hall–Kier alpha value is -3.09. The van der Waals surface area contributed by atoms with Crippen molar-refractivity contribution >= 4 is 12.1 Å². The Labute approximate surface area is 152 Å². The first-order chi connectivity index (χ1) is 12.7. The first-order valence-electron chi connectivity index (χ1n) is 8.42. The first-order valence-corrected chi connectivity index (χ1v) is 8.42. The third kappa shape index (κ3) is 6.80. The third-order valence-corrected chi connectivity index (χ3v) is 3.30. The summed E-state index contributed by atoms with van der Waals surface area (Å²) in [7, 11) is 0. The summed E-state index contributed by atoms with van der Waals surface area (Å²) in [5.74, 6) is -0.158. The van der Waals surface area contributed by atoms with Crippen molar-refractivity contribution in [3.63, 3.8) is 0 Å². The van der Waals surface area contributed by atoms with Gasteiger partial charge in [-0.2, -0.15) is 0 Å². The quantitative estimate of drug-likeness (QED) is 0.547. The highest BCUT2D eigenvalue weighted by Gasteiger charge is 2.13. The van der Waals surface area contributed by atoms with Gasteiger partial charge in [0, 0.05) is 6.20 Å². The second-order valence-corrected chi connectivity index (χ2v) is 5.40. The second-order valence-electron chi connectivity index (χ2n) is 5.40. The molecule has 0 bridgehead atoms. The Morgan fingerprint density at radius 3 is 2.69 bits per heavy atom. The summed E-state index contributed by atoms with van der Waals surface area (Å²) in [5, 5.41) is 2.33. The van der Waals surface area contributed by atoms with Crippen molar-refractivity contribution in [3.05, 3.63) is 54.2 Å². The van der Waals surface area contributed by atoms with Gasteiger partial charge >= 0.3 is 12.1 Å². The van der Waals surface area contributed by atoms with E-state index in [0.717, 1.165) is 18.4 Å². The zero-order valence-corrected chi connectivity index (χ0v) is 14.6. The van der Waals surface area contributed by atoms with Gasteiger partial charge in [0.25, 0.3) is 5.88 Å². The van der Waals surface area contributed by atoms with Crippen molar-refractivity contribution in [2.45, 2.75) is 26.4 Å². The molecule has 2 rings (SSSR count). The first kappa shape index (κ1) is 19.2. The van der Waals surface area contributed by atoms with E-state index in [1.807, 2.05) is 37.3 Å². The lowest BCUT2D eigenvalue weighted by atomic mass is 10.2. The van der Waals surface area contributed by atoms with Crippen LogP contribution in [0.15, 0.2) is 48.7 Å². The summed E-state index contributed by atoms with van der Waals surface area (Å²) in [6.45, 7) is 2.38. The van der Waals surface area contributed by atoms with Gasteiger partial charge in [0.05, 0.1) is 6.61 Å². The minimum absolute atomic E-state index is 0.0280. The van der Waals surface area contributed by atoms with Gasteiger partial charge in [-0.1, -0.05) is 43.7 Å². The van der Waals surface area contributed by atoms with Crippen LogP contribution in [0.5, 0.6) is 11.6 Å². The van der Waals surface area contributed by atoms with E-state index >= 15 is 0 Å². The van der Waals surface area contributed by atoms with Gasteiger partial charge in [0.1, 0.15) is 13.2 Å². The number of unbranched alkanes of at least 4 members (excludes halogenated alkanes) is 1. The molecule has 0 spiro atoms. The van der Waals surface area contributed by atoms with Gasteiger partial charge in [0.15, 0.2) is 5.75 Å². The van der Waals surface area contributed by atoms with Gasteiger partial charge in [0.2, 0.25) is 0 Å². The molecule has 1 aromatic carbocycles. The van der Waals surface area contributed by atoms with E-state index in [0.29, 0.717) is 19.0 Å². The number of ether oxygens (including phenoxy) is 3. The number of aromatic nitrogens is 1. The number of pyridine rings is 1. The van der Waals surface area contributed by atoms with Gasteiger partial charge < -0.3 is 19.5 Å². The van der Waals surface area contributed by atoms with Crippen LogP contribution in [0.4, 0.5) is 4.79 Å². The third-order valence-electron chi connectivity index (χ3n) is 3.30. The fourth-order valence-electron chi connectivity index (χ4n) is 1.95. The Morgan fingerprint density at radius 1 is 1.12 bits per heavy atom. The van der Waals surface area contributed by atoms with Crippen molar-refractivity contribution in [3.8, 4) is 11.6 Å². The van der Waals surface area contributed by atoms with Crippen molar-refractivity contribution in [2.24, 2.45) is 0 Å². The van der Waals surface area contributed by atoms with Crippen LogP contribution in [0.3, 0.4) is 0 Å². The fraction of sp³-hybridized carbons (Fsp3) is 0.316. The highest BCUT2D eigenvalue weighted by molar-refractivity contribution is 5.78. The summed E-state index contributed by atoms with van der Waals surface area (Å²) in [6, 6.07) is 12.9. The second kappa shape index (κ2) is 10.7. The standard InChI is InChI=1S/C19H22N2O5/c1-2-3-12-24-17(22)13-21-19(23)26-18-16(10-7-11-20-18)25-14-15-8-5-4-6-9-15/h4-11H,2-3,12-14H2,1H3,(H,21,23). The predicted molar refractivity (Wildman–Crippen MR) is 94.9 cm³/mol. The molecule has 0 saturated heterocycles. The number of nitrogens with zero attached hydrogens (tertiary/aromatic N) is 1. The van der Waals surface area contributed by atoms with Crippen LogP contribution >= 0.6 is 0 Å². The molecule has 7 heteroatoms. The monoisotopic (exact) mass is 358 g/mol. The van der Waals surface area contributed by atoms with E-state index in [2.05, 4.69) is 10.3 Å². The van der Waals surface area contributed by atoms with Crippen LogP contribution in [-0.4, -0.2) is 30.2 Å². The number of carbonyl (C=O) groups excluding carboxylic acids is 2. The molecule has 0 aliphatic rings. The largest absolute Gasteiger partial charge is 0.483 e. The average Bonchev–Trinajstić information content (AvgIpc) is 2.67. The minimum atomic E-state index is -0.805. The number of nitrogens with one attached hydrogen (secondary N) is 1. The lowest BCUT2D eigenvalue weighted by Gasteiger charge is -2.11. The molecule has 1 aromatic heterocycles. The van der Waals surface area contributed by atoms with Crippen LogP contribution in [0, 0.1) is 0 Å². The number of rotatable bonds is 9. The molecule has 0 radical (unpaired) electrons. The van der Waals surface area contributed by atoms with E-state index in [9.17, 15) is 9.59 Å². The molecule has 0 unspecified atom stereocenters. The molecule has 0 atom stereocenters. The van der Waals surface area contributed by atoms with Crippen molar-refractivity contribution in [2.75, 3.05) is 13.2 Å². The molecule has 2 aromatic rings. The number of benzene rings is 1. The summed E-state index contributed by atoms with van der Waals surface area (Å²) in [5.41, 5.74) is 0.974. The number of esters is 1. The molecule has 0 saturated carbocycles. The Balaban J connectivity index is 1.83. The SMILES string of the molecule is CCCCOC(=O)CNC(=O)Oc1ncccc1OCc1ccccc1. The molecule has 138 valence electrons. The molecule has 1 N–H and O–H groups in total. The van der Waals surface area contributed by atoms with E-state index in [1.165, 1.54) is 6.20 Å². The van der Waals surface area contributed by atoms with Gasteiger partial charge in [-0.25, -0.2) is 9.78 Å². The highest BCUT2D eigenvalue weighted by Crippen LogP contribution is 2.24. The van der Waals surface area contributed by atoms with Crippen LogP contribution in [0.1, 0.15) is 25.3 Å². The molecule has 7 nitrogen and oxygen atoms in total. The molecule has 1 heterocycles. The van der Waals surface area contributed by atoms with Crippen molar-refractivity contribution < 1.29 is 23.8 Å². The van der Waals surface area contributed by atoms with E-state index < -0.39 is 12.1 Å². The summed E-state index contributed by atoms with van der Waals surface area (Å²) >= 11 is 0. The lowest BCUT2D eigenvalue weighted by Crippen LogP contribution is -2.33. The average molecular weight is 358 g/mol. The number of hydrogen-bond acceptors (Lipinski definition) is 6. The molecule has 0 aliphatic carbocycles. The summed E-state index contributed by atoms with van der Waals surface area (Å²) < 4.78 is 15.7. The smallest absolute Gasteiger partial charge is 0.414 e. The van der Waals surface area contributed by atoms with Gasteiger partial charge in [-0.3, -0.25) is 4.79 Å². The van der Waals surface area contributed by atoms with Crippen LogP contribution in [0.25, 0.3) is 0 Å². The van der Waals surface area contributed by atoms with Crippen molar-refractivity contribution in [1.29, 1.82) is 0 Å². The van der Waals surface area contributed by atoms with Crippen LogP contribution < -0.4 is 14.8 Å². The maximum atomic E-state index is 11.8. The number of carbonyl (C=O) groups is 2. The zero-order chi connectivity index (χ0) is 18.6. The predicted octanol–water partition coefficient (Wildman–Crippen LogP) is 3.09. The van der Waals surface area contributed by atoms with E-state index in [-0.39, 0.29) is 12.4 Å². The summed E-state index contributed by atoms with van der Waals surface area (Å²) in [4.78, 5) is 27.3. The maximum absolute atomic E-state index is 11.8. The Kier molecular flexibility index (Phi) is 7.92. The van der Waals surface area contributed by atoms with Gasteiger partial charge in [-0.05, 0) is 24.1 Å². The topological polar surface area (TPSA) is 86.8 Å². The fourth-order valence-corrected chi connectivity index (χ4v) is 1.95. The van der Waals surface area contributed by atoms with Gasteiger partial charge in [-0.15, -0.1) is 0 Å². The molecule has 26 heavy (non-hydrogen) atoms. The normalized spacial score (nSPS) is 10.0. The molecule has 0 aliphatic heterocycles. The Bertz CT molecular complexity index is 706. The summed E-state index contributed by atoms with van der Waals surface area (Å²) in [6.07, 6.45) is 2.39. The van der Waals surface area contributed by atoms with Crippen molar-refractivity contribution in [1.82, 2.24) is 10.3 Å². The van der Waals surface area contributed by atoms with Crippen LogP contribution in [0.2, 0.25) is 0 Å². The minimum Gasteiger partial charge on any atom is -0.483 e. The van der Waals surface area contributed by atoms with E-state index in [1.54, 1.807) is 12.1 Å². The molecule has 0 fully saturated rings. The Morgan fingerprint density at radius 2 is 1.92 bits per heavy atom. The zero-order valence-electron chi connectivity index (χ0n) is 14.6. The molecular formula is C19H22N2O5.